The van der Waals surface area contributed by atoms with Crippen molar-refractivity contribution in [3.8, 4) is 0 Å². The molecule has 0 saturated heterocycles. The fourth-order valence-corrected chi connectivity index (χ4v) is 1.76. The van der Waals surface area contributed by atoms with Crippen LogP contribution in [-0.2, 0) is 7.05 Å². The van der Waals surface area contributed by atoms with Gasteiger partial charge in [-0.25, -0.2) is 4.98 Å². The van der Waals surface area contributed by atoms with Crippen molar-refractivity contribution >= 4 is 5.95 Å². The van der Waals surface area contributed by atoms with Crippen molar-refractivity contribution in [3.63, 3.8) is 0 Å². The average molecular weight is 208 g/mol. The van der Waals surface area contributed by atoms with Gasteiger partial charge in [0, 0.05) is 38.1 Å². The van der Waals surface area contributed by atoms with E-state index in [0.717, 1.165) is 18.5 Å². The summed E-state index contributed by atoms with van der Waals surface area (Å²) in [5.41, 5.74) is 0. The lowest BCUT2D eigenvalue weighted by Crippen LogP contribution is -2.36. The summed E-state index contributed by atoms with van der Waals surface area (Å²) < 4.78 is 2.00. The van der Waals surface area contributed by atoms with Crippen LogP contribution in [0.2, 0.25) is 0 Å². The van der Waals surface area contributed by atoms with Crippen molar-refractivity contribution in [1.82, 2.24) is 14.5 Å². The molecule has 0 aromatic carbocycles. The zero-order valence-electron chi connectivity index (χ0n) is 9.77. The molecular formula is C11H20N4. The number of likely N-dealkylation sites (N-methyl/N-ethyl adjacent to an activating group) is 1. The van der Waals surface area contributed by atoms with Gasteiger partial charge in [0.2, 0.25) is 5.95 Å². The molecule has 0 aliphatic heterocycles. The highest BCUT2D eigenvalue weighted by Crippen LogP contribution is 2.26. The van der Waals surface area contributed by atoms with Gasteiger partial charge in [0.15, 0.2) is 0 Å². The highest BCUT2D eigenvalue weighted by molar-refractivity contribution is 5.25. The van der Waals surface area contributed by atoms with E-state index in [1.807, 2.05) is 24.0 Å². The van der Waals surface area contributed by atoms with Crippen molar-refractivity contribution in [3.05, 3.63) is 12.4 Å². The van der Waals surface area contributed by atoms with Gasteiger partial charge in [0.05, 0.1) is 0 Å². The lowest BCUT2D eigenvalue weighted by molar-refractivity contribution is 0.257. The molecule has 0 spiro atoms. The Morgan fingerprint density at radius 3 is 2.93 bits per heavy atom. The molecule has 1 aromatic rings. The Morgan fingerprint density at radius 1 is 1.67 bits per heavy atom. The molecule has 1 heterocycles. The van der Waals surface area contributed by atoms with E-state index in [2.05, 4.69) is 29.2 Å². The topological polar surface area (TPSA) is 33.1 Å². The molecule has 4 nitrogen and oxygen atoms in total. The van der Waals surface area contributed by atoms with Crippen molar-refractivity contribution < 1.29 is 0 Å². The summed E-state index contributed by atoms with van der Waals surface area (Å²) in [5, 5.41) is 3.37. The van der Waals surface area contributed by atoms with Gasteiger partial charge in [-0.05, 0) is 26.8 Å². The van der Waals surface area contributed by atoms with Crippen LogP contribution >= 0.6 is 0 Å². The van der Waals surface area contributed by atoms with Crippen LogP contribution in [0.4, 0.5) is 5.95 Å². The van der Waals surface area contributed by atoms with Gasteiger partial charge >= 0.3 is 0 Å². The largest absolute Gasteiger partial charge is 0.354 e. The minimum absolute atomic E-state index is 0.564. The van der Waals surface area contributed by atoms with Gasteiger partial charge in [-0.1, -0.05) is 0 Å². The SMILES string of the molecule is CC(CNc1nccn1C)N(C)C1CC1. The van der Waals surface area contributed by atoms with Crippen molar-refractivity contribution in [2.45, 2.75) is 31.8 Å². The maximum absolute atomic E-state index is 4.24. The first kappa shape index (κ1) is 10.5. The second-order valence-corrected chi connectivity index (χ2v) is 4.49. The van der Waals surface area contributed by atoms with E-state index in [1.54, 1.807) is 0 Å². The number of hydrogen-bond donors (Lipinski definition) is 1. The minimum Gasteiger partial charge on any atom is -0.354 e. The highest BCUT2D eigenvalue weighted by atomic mass is 15.2. The lowest BCUT2D eigenvalue weighted by Gasteiger charge is -2.24. The number of aromatic nitrogens is 2. The van der Waals surface area contributed by atoms with Gasteiger partial charge in [0.25, 0.3) is 0 Å². The second-order valence-electron chi connectivity index (χ2n) is 4.49. The smallest absolute Gasteiger partial charge is 0.202 e. The third kappa shape index (κ3) is 2.50. The summed E-state index contributed by atoms with van der Waals surface area (Å²) in [6, 6.07) is 1.39. The third-order valence-electron chi connectivity index (χ3n) is 3.19. The Labute approximate surface area is 91.3 Å². The van der Waals surface area contributed by atoms with Crippen LogP contribution in [0, 0.1) is 0 Å². The summed E-state index contributed by atoms with van der Waals surface area (Å²) in [4.78, 5) is 6.70. The predicted octanol–water partition coefficient (Wildman–Crippen LogP) is 1.31. The number of imidazole rings is 1. The maximum atomic E-state index is 4.24. The van der Waals surface area contributed by atoms with E-state index in [4.69, 9.17) is 0 Å². The predicted molar refractivity (Wildman–Crippen MR) is 61.9 cm³/mol. The Hall–Kier alpha value is -1.03. The molecule has 1 atom stereocenters. The fourth-order valence-electron chi connectivity index (χ4n) is 1.76. The van der Waals surface area contributed by atoms with Crippen LogP contribution in [0.1, 0.15) is 19.8 Å². The molecule has 1 N–H and O–H groups in total. The summed E-state index contributed by atoms with van der Waals surface area (Å²) in [6.45, 7) is 3.21. The molecule has 4 heteroatoms. The van der Waals surface area contributed by atoms with Crippen LogP contribution in [0.15, 0.2) is 12.4 Å². The van der Waals surface area contributed by atoms with E-state index in [1.165, 1.54) is 12.8 Å². The van der Waals surface area contributed by atoms with Gasteiger partial charge in [0.1, 0.15) is 0 Å². The molecule has 0 radical (unpaired) electrons. The fraction of sp³-hybridized carbons (Fsp3) is 0.727. The molecule has 84 valence electrons. The molecule has 0 bridgehead atoms. The highest BCUT2D eigenvalue weighted by Gasteiger charge is 2.28. The molecule has 1 saturated carbocycles. The summed E-state index contributed by atoms with van der Waals surface area (Å²) in [5.74, 6) is 0.950. The summed E-state index contributed by atoms with van der Waals surface area (Å²) in [6.07, 6.45) is 6.50. The van der Waals surface area contributed by atoms with E-state index in [0.29, 0.717) is 6.04 Å². The molecule has 1 aliphatic rings. The zero-order valence-corrected chi connectivity index (χ0v) is 9.77. The Bertz CT molecular complexity index is 316. The van der Waals surface area contributed by atoms with Crippen LogP contribution < -0.4 is 5.32 Å². The Kier molecular flexibility index (Phi) is 2.95. The number of nitrogens with zero attached hydrogens (tertiary/aromatic N) is 3. The van der Waals surface area contributed by atoms with Crippen molar-refractivity contribution in [2.24, 2.45) is 7.05 Å². The monoisotopic (exact) mass is 208 g/mol. The van der Waals surface area contributed by atoms with Crippen LogP contribution in [-0.4, -0.2) is 40.1 Å². The third-order valence-corrected chi connectivity index (χ3v) is 3.19. The maximum Gasteiger partial charge on any atom is 0.202 e. The van der Waals surface area contributed by atoms with Gasteiger partial charge in [-0.2, -0.15) is 0 Å². The van der Waals surface area contributed by atoms with Crippen LogP contribution in [0.3, 0.4) is 0 Å². The first-order valence-electron chi connectivity index (χ1n) is 5.61. The second kappa shape index (κ2) is 4.23. The van der Waals surface area contributed by atoms with Gasteiger partial charge < -0.3 is 9.88 Å². The van der Waals surface area contributed by atoms with Crippen LogP contribution in [0.5, 0.6) is 0 Å². The lowest BCUT2D eigenvalue weighted by atomic mass is 10.3. The molecule has 1 fully saturated rings. The zero-order chi connectivity index (χ0) is 10.8. The first-order chi connectivity index (χ1) is 7.18. The van der Waals surface area contributed by atoms with Gasteiger partial charge in [-0.3, -0.25) is 4.90 Å². The molecule has 1 aliphatic carbocycles. The number of anilines is 1. The van der Waals surface area contributed by atoms with E-state index >= 15 is 0 Å². The van der Waals surface area contributed by atoms with E-state index < -0.39 is 0 Å². The van der Waals surface area contributed by atoms with Crippen molar-refractivity contribution in [1.29, 1.82) is 0 Å². The number of rotatable bonds is 5. The Balaban J connectivity index is 1.79. The summed E-state index contributed by atoms with van der Waals surface area (Å²) in [7, 11) is 4.22. The number of nitrogens with one attached hydrogen (secondary N) is 1. The standard InChI is InChI=1S/C11H20N4/c1-9(15(3)10-4-5-10)8-13-11-12-6-7-14(11)2/h6-7,9-10H,4-5,8H2,1-3H3,(H,12,13). The van der Waals surface area contributed by atoms with Gasteiger partial charge in [-0.15, -0.1) is 0 Å². The van der Waals surface area contributed by atoms with E-state index in [9.17, 15) is 0 Å². The molecular weight excluding hydrogens is 188 g/mol. The summed E-state index contributed by atoms with van der Waals surface area (Å²) >= 11 is 0. The van der Waals surface area contributed by atoms with E-state index in [-0.39, 0.29) is 0 Å². The average Bonchev–Trinajstić information content (AvgIpc) is 2.99. The first-order valence-corrected chi connectivity index (χ1v) is 5.61. The normalized spacial score (nSPS) is 18.1. The van der Waals surface area contributed by atoms with Crippen molar-refractivity contribution in [2.75, 3.05) is 18.9 Å². The molecule has 1 aromatic heterocycles. The van der Waals surface area contributed by atoms with Crippen LogP contribution in [0.25, 0.3) is 0 Å². The quantitative estimate of drug-likeness (QED) is 0.792. The minimum atomic E-state index is 0.564. The number of hydrogen-bond acceptors (Lipinski definition) is 3. The number of aryl methyl sites for hydroxylation is 1. The Morgan fingerprint density at radius 2 is 2.40 bits per heavy atom. The molecule has 15 heavy (non-hydrogen) atoms. The molecule has 2 rings (SSSR count). The molecule has 1 unspecified atom stereocenters. The molecule has 0 amide bonds.